The van der Waals surface area contributed by atoms with Crippen molar-refractivity contribution in [1.82, 2.24) is 10.2 Å². The Labute approximate surface area is 277 Å². The highest BCUT2D eigenvalue weighted by Gasteiger charge is 2.32. The SMILES string of the molecule is O=C(NCc1ccc(Cl)cc1)C(c1ccccc1)N(Cc1ccccc1)C(=O)COc1ccc(S(=O)(=O)Nc2ccc(F)cc2)cc1. The summed E-state index contributed by atoms with van der Waals surface area (Å²) in [4.78, 5) is 29.1. The summed E-state index contributed by atoms with van der Waals surface area (Å²) in [6.45, 7) is -0.0573. The number of halogens is 2. The van der Waals surface area contributed by atoms with Crippen molar-refractivity contribution in [3.05, 3.63) is 161 Å². The van der Waals surface area contributed by atoms with Gasteiger partial charge in [0, 0.05) is 23.8 Å². The molecule has 0 saturated carbocycles. The number of carbonyl (C=O) groups excluding carboxylic acids is 2. The van der Waals surface area contributed by atoms with Gasteiger partial charge in [-0.05, 0) is 77.4 Å². The van der Waals surface area contributed by atoms with Crippen molar-refractivity contribution in [3.8, 4) is 5.75 Å². The minimum atomic E-state index is -3.96. The summed E-state index contributed by atoms with van der Waals surface area (Å²) < 4.78 is 47.0. The fourth-order valence-corrected chi connectivity index (χ4v) is 5.96. The Hall–Kier alpha value is -5.19. The predicted octanol–water partition coefficient (Wildman–Crippen LogP) is 6.75. The zero-order chi connectivity index (χ0) is 33.2. The quantitative estimate of drug-likeness (QED) is 0.144. The van der Waals surface area contributed by atoms with Gasteiger partial charge < -0.3 is 15.0 Å². The Kier molecular flexibility index (Phi) is 10.9. The fourth-order valence-electron chi connectivity index (χ4n) is 4.77. The van der Waals surface area contributed by atoms with Crippen LogP contribution in [0.2, 0.25) is 5.02 Å². The molecule has 0 heterocycles. The first-order valence-electron chi connectivity index (χ1n) is 14.6. The van der Waals surface area contributed by atoms with Crippen LogP contribution in [0.5, 0.6) is 5.75 Å². The van der Waals surface area contributed by atoms with Gasteiger partial charge in [0.15, 0.2) is 6.61 Å². The molecule has 8 nitrogen and oxygen atoms in total. The van der Waals surface area contributed by atoms with Crippen molar-refractivity contribution < 1.29 is 27.1 Å². The molecule has 0 aliphatic carbocycles. The standard InChI is InChI=1S/C36H31ClFN3O5S/c37-29-13-11-26(12-14-29)23-39-36(43)35(28-9-5-2-6-10-28)41(24-27-7-3-1-4-8-27)34(42)25-46-32-19-21-33(22-20-32)47(44,45)40-31-17-15-30(38)16-18-31/h1-22,35,40H,23-25H2,(H,39,43). The van der Waals surface area contributed by atoms with Crippen LogP contribution in [0.15, 0.2) is 138 Å². The summed E-state index contributed by atoms with van der Waals surface area (Å²) >= 11 is 6.01. The molecular weight excluding hydrogens is 641 g/mol. The van der Waals surface area contributed by atoms with Crippen LogP contribution in [-0.2, 0) is 32.7 Å². The van der Waals surface area contributed by atoms with Crippen molar-refractivity contribution in [2.45, 2.75) is 24.0 Å². The monoisotopic (exact) mass is 671 g/mol. The normalized spacial score (nSPS) is 11.7. The second kappa shape index (κ2) is 15.4. The smallest absolute Gasteiger partial charge is 0.261 e. The van der Waals surface area contributed by atoms with E-state index in [1.165, 1.54) is 41.3 Å². The summed E-state index contributed by atoms with van der Waals surface area (Å²) in [6.07, 6.45) is 0. The first kappa shape index (κ1) is 33.2. The summed E-state index contributed by atoms with van der Waals surface area (Å²) in [5.74, 6) is -1.07. The lowest BCUT2D eigenvalue weighted by Crippen LogP contribution is -2.45. The molecule has 240 valence electrons. The molecule has 0 fully saturated rings. The van der Waals surface area contributed by atoms with Crippen LogP contribution >= 0.6 is 11.6 Å². The summed E-state index contributed by atoms with van der Waals surface area (Å²) in [5, 5.41) is 3.54. The molecule has 0 aliphatic rings. The lowest BCUT2D eigenvalue weighted by atomic mass is 10.0. The third-order valence-electron chi connectivity index (χ3n) is 7.16. The van der Waals surface area contributed by atoms with E-state index < -0.39 is 34.4 Å². The number of carbonyl (C=O) groups is 2. The van der Waals surface area contributed by atoms with Crippen molar-refractivity contribution in [1.29, 1.82) is 0 Å². The van der Waals surface area contributed by atoms with E-state index in [0.29, 0.717) is 10.6 Å². The zero-order valence-electron chi connectivity index (χ0n) is 25.1. The number of sulfonamides is 1. The maximum Gasteiger partial charge on any atom is 0.261 e. The molecule has 0 radical (unpaired) electrons. The molecular formula is C36H31ClFN3O5S. The van der Waals surface area contributed by atoms with Gasteiger partial charge in [0.1, 0.15) is 17.6 Å². The highest BCUT2D eigenvalue weighted by atomic mass is 35.5. The number of anilines is 1. The number of nitrogens with one attached hydrogen (secondary N) is 2. The van der Waals surface area contributed by atoms with E-state index in [-0.39, 0.29) is 35.3 Å². The van der Waals surface area contributed by atoms with E-state index in [4.69, 9.17) is 16.3 Å². The van der Waals surface area contributed by atoms with Gasteiger partial charge in [0.2, 0.25) is 5.91 Å². The molecule has 5 aromatic carbocycles. The van der Waals surface area contributed by atoms with Crippen LogP contribution in [0.3, 0.4) is 0 Å². The topological polar surface area (TPSA) is 105 Å². The van der Waals surface area contributed by atoms with E-state index in [2.05, 4.69) is 10.0 Å². The number of benzene rings is 5. The van der Waals surface area contributed by atoms with Crippen LogP contribution in [0.1, 0.15) is 22.7 Å². The van der Waals surface area contributed by atoms with Crippen LogP contribution in [0, 0.1) is 5.82 Å². The highest BCUT2D eigenvalue weighted by molar-refractivity contribution is 7.92. The van der Waals surface area contributed by atoms with Crippen molar-refractivity contribution in [2.75, 3.05) is 11.3 Å². The number of hydrogen-bond donors (Lipinski definition) is 2. The molecule has 0 spiro atoms. The lowest BCUT2D eigenvalue weighted by molar-refractivity contribution is -0.143. The third-order valence-corrected chi connectivity index (χ3v) is 8.81. The molecule has 0 aliphatic heterocycles. The molecule has 1 atom stereocenters. The Morgan fingerprint density at radius 3 is 2.02 bits per heavy atom. The molecule has 5 rings (SSSR count). The maximum absolute atomic E-state index is 13.9. The Morgan fingerprint density at radius 2 is 1.38 bits per heavy atom. The molecule has 5 aromatic rings. The number of amides is 2. The van der Waals surface area contributed by atoms with Gasteiger partial charge in [-0.25, -0.2) is 12.8 Å². The Morgan fingerprint density at radius 1 is 0.766 bits per heavy atom. The van der Waals surface area contributed by atoms with E-state index in [9.17, 15) is 22.4 Å². The average molecular weight is 672 g/mol. The molecule has 0 bridgehead atoms. The van der Waals surface area contributed by atoms with Gasteiger partial charge in [-0.2, -0.15) is 0 Å². The first-order valence-corrected chi connectivity index (χ1v) is 16.5. The fraction of sp³-hybridized carbons (Fsp3) is 0.111. The van der Waals surface area contributed by atoms with E-state index in [1.54, 1.807) is 36.4 Å². The van der Waals surface area contributed by atoms with Crippen molar-refractivity contribution in [2.24, 2.45) is 0 Å². The van der Waals surface area contributed by atoms with Gasteiger partial charge in [-0.15, -0.1) is 0 Å². The van der Waals surface area contributed by atoms with Crippen LogP contribution in [0.25, 0.3) is 0 Å². The van der Waals surface area contributed by atoms with Gasteiger partial charge in [-0.1, -0.05) is 84.4 Å². The minimum Gasteiger partial charge on any atom is -0.484 e. The van der Waals surface area contributed by atoms with Crippen molar-refractivity contribution in [3.63, 3.8) is 0 Å². The second-order valence-electron chi connectivity index (χ2n) is 10.5. The molecule has 2 amide bonds. The van der Waals surface area contributed by atoms with E-state index in [0.717, 1.165) is 23.3 Å². The summed E-state index contributed by atoms with van der Waals surface area (Å²) in [6, 6.07) is 34.9. The summed E-state index contributed by atoms with van der Waals surface area (Å²) in [5.41, 5.74) is 2.49. The number of nitrogens with zero attached hydrogens (tertiary/aromatic N) is 1. The highest BCUT2D eigenvalue weighted by Crippen LogP contribution is 2.25. The Bertz CT molecular complexity index is 1890. The molecule has 47 heavy (non-hydrogen) atoms. The maximum atomic E-state index is 13.9. The second-order valence-corrected chi connectivity index (χ2v) is 12.7. The minimum absolute atomic E-state index is 0.0484. The van der Waals surface area contributed by atoms with Gasteiger partial charge in [0.25, 0.3) is 15.9 Å². The van der Waals surface area contributed by atoms with Crippen molar-refractivity contribution >= 4 is 39.1 Å². The van der Waals surface area contributed by atoms with Gasteiger partial charge >= 0.3 is 0 Å². The van der Waals surface area contributed by atoms with Crippen LogP contribution in [0.4, 0.5) is 10.1 Å². The zero-order valence-corrected chi connectivity index (χ0v) is 26.6. The average Bonchev–Trinajstić information content (AvgIpc) is 3.09. The van der Waals surface area contributed by atoms with Crippen LogP contribution < -0.4 is 14.8 Å². The number of rotatable bonds is 13. The third kappa shape index (κ3) is 9.18. The predicted molar refractivity (Wildman–Crippen MR) is 179 cm³/mol. The van der Waals surface area contributed by atoms with Gasteiger partial charge in [-0.3, -0.25) is 14.3 Å². The molecule has 1 unspecified atom stereocenters. The lowest BCUT2D eigenvalue weighted by Gasteiger charge is -2.31. The van der Waals surface area contributed by atoms with Gasteiger partial charge in [0.05, 0.1) is 4.90 Å². The largest absolute Gasteiger partial charge is 0.484 e. The van der Waals surface area contributed by atoms with Crippen LogP contribution in [-0.4, -0.2) is 31.7 Å². The number of ether oxygens (including phenoxy) is 1. The van der Waals surface area contributed by atoms with E-state index >= 15 is 0 Å². The molecule has 11 heteroatoms. The first-order chi connectivity index (χ1) is 22.7. The number of hydrogen-bond acceptors (Lipinski definition) is 5. The van der Waals surface area contributed by atoms with E-state index in [1.807, 2.05) is 48.5 Å². The summed E-state index contributed by atoms with van der Waals surface area (Å²) in [7, 11) is -3.96. The molecule has 2 N–H and O–H groups in total. The Balaban J connectivity index is 1.34. The molecule has 0 saturated heterocycles. The molecule has 0 aromatic heterocycles.